The van der Waals surface area contributed by atoms with Crippen molar-refractivity contribution in [2.45, 2.75) is 25.4 Å². The van der Waals surface area contributed by atoms with Crippen LogP contribution in [0.2, 0.25) is 0 Å². The molecule has 0 N–H and O–H groups in total. The highest BCUT2D eigenvalue weighted by Crippen LogP contribution is 3.15. The third-order valence-electron chi connectivity index (χ3n) is 2.22. The van der Waals surface area contributed by atoms with Gasteiger partial charge in [0.1, 0.15) is 19.6 Å². The van der Waals surface area contributed by atoms with Crippen molar-refractivity contribution in [1.82, 2.24) is 0 Å². The lowest BCUT2D eigenvalue weighted by Gasteiger charge is -2.64. The Morgan fingerprint density at radius 3 is 1.48 bits per heavy atom. The number of alkyl halides is 13. The van der Waals surface area contributed by atoms with Gasteiger partial charge in [-0.15, -0.1) is 0 Å². The molecule has 0 aromatic heterocycles. The minimum atomic E-state index is -10.1. The van der Waals surface area contributed by atoms with Gasteiger partial charge in [0.2, 0.25) is 3.79 Å². The second-order valence-electron chi connectivity index (χ2n) is 4.30. The predicted molar refractivity (Wildman–Crippen MR) is 82.8 cm³/mol. The maximum Gasteiger partial charge on any atom is 0.474 e. The smallest absolute Gasteiger partial charge is 0.248 e. The van der Waals surface area contributed by atoms with Crippen LogP contribution in [0, 0.1) is 0 Å². The van der Waals surface area contributed by atoms with Crippen molar-refractivity contribution in [3.63, 3.8) is 0 Å². The van der Waals surface area contributed by atoms with Crippen LogP contribution in [-0.2, 0) is 0 Å². The Morgan fingerprint density at radius 1 is 0.880 bits per heavy atom. The molecule has 0 spiro atoms. The van der Waals surface area contributed by atoms with E-state index in [1.165, 1.54) is 0 Å². The summed E-state index contributed by atoms with van der Waals surface area (Å²) in [6, 6.07) is 0. The minimum absolute atomic E-state index is 2.27. The third-order valence-corrected chi connectivity index (χ3v) is 15.4. The van der Waals surface area contributed by atoms with Crippen LogP contribution in [0.5, 0.6) is 0 Å². The molecule has 0 aromatic rings. The molecule has 0 aromatic carbocycles. The van der Waals surface area contributed by atoms with E-state index in [4.69, 9.17) is 46.4 Å². The molecule has 0 saturated carbocycles. The average Bonchev–Trinajstić information content (AvgIpc) is 2.20. The monoisotopic (exact) mass is 534 g/mol. The van der Waals surface area contributed by atoms with Crippen molar-refractivity contribution in [1.29, 1.82) is 0 Å². The topological polar surface area (TPSA) is 0 Å². The van der Waals surface area contributed by atoms with Gasteiger partial charge in [-0.05, 0) is 10.8 Å². The zero-order valence-corrected chi connectivity index (χ0v) is 16.4. The van der Waals surface area contributed by atoms with Crippen LogP contribution in [0.3, 0.4) is 0 Å². The Kier molecular flexibility index (Phi) is 7.14. The van der Waals surface area contributed by atoms with Crippen molar-refractivity contribution in [3.05, 3.63) is 0 Å². The summed E-state index contributed by atoms with van der Waals surface area (Å²) in [5.74, 6) is -8.73. The Labute approximate surface area is 160 Å². The zero-order valence-electron chi connectivity index (χ0n) is 10.9. The van der Waals surface area contributed by atoms with E-state index in [2.05, 4.69) is 0 Å². The number of hydrogen-bond acceptors (Lipinski definition) is 2. The van der Waals surface area contributed by atoms with E-state index in [1.807, 2.05) is 0 Å². The molecule has 25 heavy (non-hydrogen) atoms. The van der Waals surface area contributed by atoms with Crippen molar-refractivity contribution >= 4 is 75.1 Å². The van der Waals surface area contributed by atoms with Gasteiger partial charge < -0.3 is 0 Å². The van der Waals surface area contributed by atoms with Crippen LogP contribution in [0.25, 0.3) is 0 Å². The van der Waals surface area contributed by atoms with Gasteiger partial charge in [-0.2, -0.15) is 42.9 Å². The Bertz CT molecular complexity index is 515. The third kappa shape index (κ3) is 5.28. The zero-order chi connectivity index (χ0) is 20.8. The lowest BCUT2D eigenvalue weighted by Crippen LogP contribution is -2.49. The lowest BCUT2D eigenvalue weighted by molar-refractivity contribution is -0.113. The minimum Gasteiger partial charge on any atom is -0.248 e. The fourth-order valence-corrected chi connectivity index (χ4v) is 13.5. The Hall–Kier alpha value is 1.44. The first-order valence-electron chi connectivity index (χ1n) is 5.13. The summed E-state index contributed by atoms with van der Waals surface area (Å²) in [4.78, 5) is 0. The molecule has 0 aliphatic rings. The lowest BCUT2D eigenvalue weighted by atomic mass is 10.5. The molecule has 0 rings (SSSR count). The van der Waals surface area contributed by atoms with Crippen molar-refractivity contribution < 1.29 is 47.3 Å². The second kappa shape index (κ2) is 6.75. The Morgan fingerprint density at radius 2 is 1.28 bits per heavy atom. The first kappa shape index (κ1) is 26.4. The highest BCUT2D eigenvalue weighted by atomic mass is 35.6. The summed E-state index contributed by atoms with van der Waals surface area (Å²) in [5.41, 5.74) is -7.22. The molecule has 1 atom stereocenters. The van der Waals surface area contributed by atoms with Crippen LogP contribution in [0.1, 0.15) is 0 Å². The van der Waals surface area contributed by atoms with Crippen LogP contribution in [0.15, 0.2) is 0 Å². The van der Waals surface area contributed by atoms with E-state index in [0.29, 0.717) is 0 Å². The molecular weight excluding hydrogens is 531 g/mol. The SMILES string of the molecule is FCC(Cl)(SS(F)(F)(CC(F)(F)F)(SC(F)F)C(F)(F)F)C(Cl)(Cl)Cl. The molecule has 0 bridgehead atoms. The number of rotatable bonds is 6. The molecule has 0 heterocycles. The number of hydrogen-bond donors (Lipinski definition) is 0. The van der Waals surface area contributed by atoms with Crippen molar-refractivity contribution in [3.8, 4) is 0 Å². The van der Waals surface area contributed by atoms with E-state index in [1.54, 1.807) is 0 Å². The maximum absolute atomic E-state index is 15.0. The summed E-state index contributed by atoms with van der Waals surface area (Å²) in [7, 11) is -15.0. The molecule has 0 amide bonds. The highest BCUT2D eigenvalue weighted by Gasteiger charge is 2.88. The summed E-state index contributed by atoms with van der Waals surface area (Å²) in [5, 5.41) is 0. The van der Waals surface area contributed by atoms with E-state index in [0.717, 1.165) is 0 Å². The highest BCUT2D eigenvalue weighted by molar-refractivity contribution is 9.38. The summed E-state index contributed by atoms with van der Waals surface area (Å²) in [6.07, 6.45) is -6.31. The van der Waals surface area contributed by atoms with E-state index >= 15 is 0 Å². The predicted octanol–water partition coefficient (Wildman–Crippen LogP) is 8.51. The van der Waals surface area contributed by atoms with Gasteiger partial charge in [-0.1, -0.05) is 46.4 Å². The van der Waals surface area contributed by atoms with E-state index in [-0.39, 0.29) is 0 Å². The van der Waals surface area contributed by atoms with Gasteiger partial charge in [-0.3, -0.25) is 0 Å². The van der Waals surface area contributed by atoms with Crippen molar-refractivity contribution in [2.24, 2.45) is 0 Å². The van der Waals surface area contributed by atoms with Gasteiger partial charge >= 0.3 is 11.7 Å². The van der Waals surface area contributed by atoms with Crippen LogP contribution >= 0.6 is 75.1 Å². The van der Waals surface area contributed by atoms with Crippen molar-refractivity contribution in [2.75, 3.05) is 12.4 Å². The normalized spacial score (nSPS) is 20.2. The molecule has 0 saturated heterocycles. The van der Waals surface area contributed by atoms with Crippen LogP contribution in [-0.4, -0.2) is 37.9 Å². The molecule has 0 fully saturated rings. The molecule has 0 aliphatic heterocycles. The molecule has 1 unspecified atom stereocenters. The summed E-state index contributed by atoms with van der Waals surface area (Å²) >= 11 is 20.1. The fraction of sp³-hybridized carbons (Fsp3) is 1.00. The second-order valence-corrected chi connectivity index (χ2v) is 18.8. The molecule has 18 heteroatoms. The van der Waals surface area contributed by atoms with Gasteiger partial charge in [0, 0.05) is 10.8 Å². The first-order chi connectivity index (χ1) is 10.5. The van der Waals surface area contributed by atoms with E-state index in [9.17, 15) is 47.3 Å². The molecule has 0 aliphatic carbocycles. The summed E-state index contributed by atoms with van der Waals surface area (Å²) in [6.45, 7) is -2.51. The van der Waals surface area contributed by atoms with Gasteiger partial charge in [0.05, 0.1) is 0 Å². The average molecular weight is 536 g/mol. The maximum atomic E-state index is 15.0. The molecule has 0 radical (unpaired) electrons. The molecular formula is C7H5Cl4F11S3. The van der Waals surface area contributed by atoms with Crippen LogP contribution in [0.4, 0.5) is 47.3 Å². The Balaban J connectivity index is 6.92. The van der Waals surface area contributed by atoms with Gasteiger partial charge in [0.15, 0.2) is 4.21 Å². The van der Waals surface area contributed by atoms with Gasteiger partial charge in [-0.25, -0.2) is 4.39 Å². The largest absolute Gasteiger partial charge is 0.474 e. The first-order valence-corrected chi connectivity index (χ1v) is 11.8. The number of halogens is 15. The van der Waals surface area contributed by atoms with E-state index < -0.39 is 66.6 Å². The van der Waals surface area contributed by atoms with Crippen LogP contribution < -0.4 is 0 Å². The van der Waals surface area contributed by atoms with Gasteiger partial charge in [0.25, 0.3) is 5.76 Å². The standard InChI is InChI=1S/C7H5Cl4F11S3/c8-4(1-12,6(9,10)11)24-25(21,22,7(18,19)20,23-3(13)14)2-5(15,16)17/h3H,1-2H2. The summed E-state index contributed by atoms with van der Waals surface area (Å²) < 4.78 is 138. The molecule has 0 nitrogen and oxygen atoms in total. The quantitative estimate of drug-likeness (QED) is 0.190. The fourth-order valence-electron chi connectivity index (χ4n) is 1.24. The molecule has 156 valence electrons.